The summed E-state index contributed by atoms with van der Waals surface area (Å²) in [6.07, 6.45) is 1.73. The lowest BCUT2D eigenvalue weighted by molar-refractivity contribution is 0.102. The summed E-state index contributed by atoms with van der Waals surface area (Å²) in [6, 6.07) is 12.6. The summed E-state index contributed by atoms with van der Waals surface area (Å²) in [4.78, 5) is 16.8. The second-order valence-electron chi connectivity index (χ2n) is 5.52. The lowest BCUT2D eigenvalue weighted by atomic mass is 10.2. The number of aromatic nitrogens is 1. The number of nitrogens with one attached hydrogen (secondary N) is 2. The first-order valence-corrected chi connectivity index (χ1v) is 9.55. The van der Waals surface area contributed by atoms with Crippen molar-refractivity contribution in [2.45, 2.75) is 13.8 Å². The molecule has 0 aliphatic rings. The van der Waals surface area contributed by atoms with Crippen LogP contribution in [0.3, 0.4) is 0 Å². The van der Waals surface area contributed by atoms with Gasteiger partial charge in [-0.3, -0.25) is 4.79 Å². The highest BCUT2D eigenvalue weighted by atomic mass is 32.1. The van der Waals surface area contributed by atoms with Gasteiger partial charge < -0.3 is 20.1 Å². The summed E-state index contributed by atoms with van der Waals surface area (Å²) in [5.41, 5.74) is 1.99. The third kappa shape index (κ3) is 4.98. The number of hydrogen-bond donors (Lipinski definition) is 2. The number of benzene rings is 2. The van der Waals surface area contributed by atoms with Crippen LogP contribution >= 0.6 is 11.3 Å². The zero-order valence-corrected chi connectivity index (χ0v) is 16.0. The maximum atomic E-state index is 12.6. The van der Waals surface area contributed by atoms with E-state index in [2.05, 4.69) is 15.6 Å². The van der Waals surface area contributed by atoms with E-state index in [1.165, 1.54) is 11.3 Å². The van der Waals surface area contributed by atoms with Crippen LogP contribution in [0.2, 0.25) is 0 Å². The summed E-state index contributed by atoms with van der Waals surface area (Å²) in [5.74, 6) is 1.06. The van der Waals surface area contributed by atoms with Crippen molar-refractivity contribution in [3.63, 3.8) is 0 Å². The molecule has 140 valence electrons. The monoisotopic (exact) mass is 383 g/mol. The molecule has 0 atom stereocenters. The first-order chi connectivity index (χ1) is 13.2. The van der Waals surface area contributed by atoms with Crippen LogP contribution in [0.25, 0.3) is 0 Å². The van der Waals surface area contributed by atoms with Crippen LogP contribution in [0, 0.1) is 0 Å². The summed E-state index contributed by atoms with van der Waals surface area (Å²) in [5, 5.41) is 8.75. The summed E-state index contributed by atoms with van der Waals surface area (Å²) in [7, 11) is 0. The summed E-state index contributed by atoms with van der Waals surface area (Å²) < 4.78 is 11.2. The minimum absolute atomic E-state index is 0.204. The summed E-state index contributed by atoms with van der Waals surface area (Å²) in [6.45, 7) is 4.88. The van der Waals surface area contributed by atoms with E-state index in [9.17, 15) is 4.79 Å². The second kappa shape index (κ2) is 9.05. The number of thiazole rings is 1. The molecule has 2 aromatic carbocycles. The van der Waals surface area contributed by atoms with E-state index in [-0.39, 0.29) is 5.91 Å². The number of hydrogen-bond acceptors (Lipinski definition) is 6. The number of rotatable bonds is 8. The van der Waals surface area contributed by atoms with Crippen LogP contribution in [0.5, 0.6) is 11.5 Å². The lowest BCUT2D eigenvalue weighted by Gasteiger charge is -2.13. The molecule has 1 heterocycles. The molecule has 2 N–H and O–H groups in total. The van der Waals surface area contributed by atoms with Crippen molar-refractivity contribution in [2.75, 3.05) is 23.8 Å². The number of carbonyl (C=O) groups is 1. The van der Waals surface area contributed by atoms with Gasteiger partial charge in [0.05, 0.1) is 13.2 Å². The molecule has 0 aliphatic carbocycles. The molecule has 0 bridgehead atoms. The molecule has 3 aromatic rings. The van der Waals surface area contributed by atoms with Crippen LogP contribution in [0.15, 0.2) is 54.0 Å². The quantitative estimate of drug-likeness (QED) is 0.577. The average molecular weight is 383 g/mol. The molecule has 3 rings (SSSR count). The summed E-state index contributed by atoms with van der Waals surface area (Å²) >= 11 is 1.50. The van der Waals surface area contributed by atoms with Crippen LogP contribution in [0.4, 0.5) is 16.5 Å². The minimum Gasteiger partial charge on any atom is -0.490 e. The molecule has 0 unspecified atom stereocenters. The molecule has 7 heteroatoms. The lowest BCUT2D eigenvalue weighted by Crippen LogP contribution is -2.12. The Morgan fingerprint density at radius 3 is 2.59 bits per heavy atom. The molecule has 1 amide bonds. The largest absolute Gasteiger partial charge is 0.490 e. The first-order valence-electron chi connectivity index (χ1n) is 8.67. The number of amides is 1. The molecule has 0 saturated carbocycles. The van der Waals surface area contributed by atoms with Crippen LogP contribution in [0.1, 0.15) is 24.2 Å². The molecule has 6 nitrogen and oxygen atoms in total. The average Bonchev–Trinajstić information content (AvgIpc) is 3.17. The van der Waals surface area contributed by atoms with Gasteiger partial charge >= 0.3 is 0 Å². The topological polar surface area (TPSA) is 72.5 Å². The predicted molar refractivity (Wildman–Crippen MR) is 109 cm³/mol. The SMILES string of the molecule is CCOc1ccc(NC(=O)c2cccc(Nc3nccs3)c2)cc1OCC. The molecule has 0 aliphatic heterocycles. The van der Waals surface area contributed by atoms with Gasteiger partial charge in [0, 0.05) is 34.6 Å². The number of nitrogens with zero attached hydrogens (tertiary/aromatic N) is 1. The van der Waals surface area contributed by atoms with Gasteiger partial charge in [-0.25, -0.2) is 4.98 Å². The van der Waals surface area contributed by atoms with Gasteiger partial charge in [-0.15, -0.1) is 11.3 Å². The van der Waals surface area contributed by atoms with Crippen molar-refractivity contribution in [1.29, 1.82) is 0 Å². The number of ether oxygens (including phenoxy) is 2. The van der Waals surface area contributed by atoms with Crippen molar-refractivity contribution >= 4 is 33.8 Å². The van der Waals surface area contributed by atoms with E-state index in [0.29, 0.717) is 36.0 Å². The fourth-order valence-corrected chi connectivity index (χ4v) is 3.03. The van der Waals surface area contributed by atoms with E-state index in [0.717, 1.165) is 10.8 Å². The van der Waals surface area contributed by atoms with Gasteiger partial charge in [-0.05, 0) is 44.2 Å². The highest BCUT2D eigenvalue weighted by Gasteiger charge is 2.11. The van der Waals surface area contributed by atoms with E-state index in [1.54, 1.807) is 36.5 Å². The van der Waals surface area contributed by atoms with Gasteiger partial charge in [-0.1, -0.05) is 6.07 Å². The zero-order chi connectivity index (χ0) is 19.1. The van der Waals surface area contributed by atoms with E-state index < -0.39 is 0 Å². The fourth-order valence-electron chi connectivity index (χ4n) is 2.48. The molecule has 27 heavy (non-hydrogen) atoms. The molecule has 0 spiro atoms. The standard InChI is InChI=1S/C20H21N3O3S/c1-3-25-17-9-8-16(13-18(17)26-4-2)22-19(24)14-6-5-7-15(12-14)23-20-21-10-11-27-20/h5-13H,3-4H2,1-2H3,(H,21,23)(H,22,24). The molecule has 0 radical (unpaired) electrons. The van der Waals surface area contributed by atoms with Crippen molar-refractivity contribution in [3.8, 4) is 11.5 Å². The Morgan fingerprint density at radius 1 is 1.04 bits per heavy atom. The Bertz CT molecular complexity index is 897. The van der Waals surface area contributed by atoms with Gasteiger partial charge in [0.15, 0.2) is 16.6 Å². The highest BCUT2D eigenvalue weighted by Crippen LogP contribution is 2.31. The third-order valence-electron chi connectivity index (χ3n) is 3.61. The number of carbonyl (C=O) groups excluding carboxylic acids is 1. The van der Waals surface area contributed by atoms with Crippen molar-refractivity contribution in [3.05, 3.63) is 59.6 Å². The van der Waals surface area contributed by atoms with E-state index in [1.807, 2.05) is 31.4 Å². The molecular formula is C20H21N3O3S. The van der Waals surface area contributed by atoms with Gasteiger partial charge in [0.25, 0.3) is 5.91 Å². The Balaban J connectivity index is 1.74. The normalized spacial score (nSPS) is 10.3. The first kappa shape index (κ1) is 18.7. The zero-order valence-electron chi connectivity index (χ0n) is 15.2. The molecule has 0 fully saturated rings. The Morgan fingerprint density at radius 2 is 1.85 bits per heavy atom. The third-order valence-corrected chi connectivity index (χ3v) is 4.30. The van der Waals surface area contributed by atoms with E-state index in [4.69, 9.17) is 9.47 Å². The molecule has 0 saturated heterocycles. The fraction of sp³-hybridized carbons (Fsp3) is 0.200. The predicted octanol–water partition coefficient (Wildman–Crippen LogP) is 4.94. The number of anilines is 3. The van der Waals surface area contributed by atoms with Crippen molar-refractivity contribution in [2.24, 2.45) is 0 Å². The van der Waals surface area contributed by atoms with Gasteiger partial charge in [0.2, 0.25) is 0 Å². The van der Waals surface area contributed by atoms with Crippen LogP contribution in [-0.4, -0.2) is 24.1 Å². The highest BCUT2D eigenvalue weighted by molar-refractivity contribution is 7.13. The smallest absolute Gasteiger partial charge is 0.255 e. The minimum atomic E-state index is -0.204. The van der Waals surface area contributed by atoms with Crippen molar-refractivity contribution < 1.29 is 14.3 Å². The van der Waals surface area contributed by atoms with Crippen LogP contribution in [-0.2, 0) is 0 Å². The second-order valence-corrected chi connectivity index (χ2v) is 6.42. The Labute approximate surface area is 162 Å². The van der Waals surface area contributed by atoms with Gasteiger partial charge in [-0.2, -0.15) is 0 Å². The van der Waals surface area contributed by atoms with Crippen LogP contribution < -0.4 is 20.1 Å². The molecular weight excluding hydrogens is 362 g/mol. The maximum absolute atomic E-state index is 12.6. The van der Waals surface area contributed by atoms with E-state index >= 15 is 0 Å². The maximum Gasteiger partial charge on any atom is 0.255 e. The van der Waals surface area contributed by atoms with Crippen molar-refractivity contribution in [1.82, 2.24) is 4.98 Å². The molecule has 1 aromatic heterocycles. The Kier molecular flexibility index (Phi) is 6.27. The Hall–Kier alpha value is -3.06. The van der Waals surface area contributed by atoms with Gasteiger partial charge in [0.1, 0.15) is 0 Å².